The number of rotatable bonds is 4. The highest BCUT2D eigenvalue weighted by Gasteiger charge is 2.21. The topological polar surface area (TPSA) is 58.6 Å². The van der Waals surface area contributed by atoms with Crippen molar-refractivity contribution in [3.05, 3.63) is 29.8 Å². The van der Waals surface area contributed by atoms with Crippen molar-refractivity contribution in [1.29, 1.82) is 0 Å². The molecule has 1 fully saturated rings. The zero-order chi connectivity index (χ0) is 14.5. The van der Waals surface area contributed by atoms with Gasteiger partial charge in [0, 0.05) is 13.1 Å². The van der Waals surface area contributed by atoms with Gasteiger partial charge in [0.05, 0.1) is 6.54 Å². The molecule has 1 N–H and O–H groups in total. The van der Waals surface area contributed by atoms with Gasteiger partial charge in [-0.15, -0.1) is 0 Å². The van der Waals surface area contributed by atoms with Gasteiger partial charge in [0.15, 0.2) is 6.61 Å². The van der Waals surface area contributed by atoms with Crippen molar-refractivity contribution >= 4 is 11.8 Å². The van der Waals surface area contributed by atoms with Gasteiger partial charge < -0.3 is 15.0 Å². The Morgan fingerprint density at radius 3 is 2.65 bits per heavy atom. The molecule has 0 bridgehead atoms. The molecular formula is C15H20N2O3. The number of amides is 2. The smallest absolute Gasteiger partial charge is 0.261 e. The lowest BCUT2D eigenvalue weighted by Crippen LogP contribution is -2.51. The van der Waals surface area contributed by atoms with E-state index in [1.165, 1.54) is 10.5 Å². The molecule has 5 heteroatoms. The Hall–Kier alpha value is -2.04. The highest BCUT2D eigenvalue weighted by atomic mass is 16.5. The number of nitrogens with one attached hydrogen (secondary N) is 1. The maximum Gasteiger partial charge on any atom is 0.261 e. The second-order valence-corrected chi connectivity index (χ2v) is 5.18. The first-order chi connectivity index (χ1) is 9.56. The third-order valence-corrected chi connectivity index (χ3v) is 3.30. The number of hydrogen-bond donors (Lipinski definition) is 1. The number of ether oxygens (including phenoxy) is 1. The van der Waals surface area contributed by atoms with Gasteiger partial charge in [-0.2, -0.15) is 0 Å². The van der Waals surface area contributed by atoms with Crippen LogP contribution in [0, 0.1) is 0 Å². The van der Waals surface area contributed by atoms with Gasteiger partial charge in [-0.05, 0) is 23.6 Å². The molecule has 0 saturated carbocycles. The highest BCUT2D eigenvalue weighted by Crippen LogP contribution is 2.18. The van der Waals surface area contributed by atoms with Crippen molar-refractivity contribution in [3.63, 3.8) is 0 Å². The summed E-state index contributed by atoms with van der Waals surface area (Å²) in [4.78, 5) is 24.6. The van der Waals surface area contributed by atoms with Crippen molar-refractivity contribution in [3.8, 4) is 5.75 Å². The molecule has 0 unspecified atom stereocenters. The van der Waals surface area contributed by atoms with Crippen LogP contribution in [-0.4, -0.2) is 43.0 Å². The molecule has 0 radical (unpaired) electrons. The van der Waals surface area contributed by atoms with Gasteiger partial charge in [0.2, 0.25) is 5.91 Å². The van der Waals surface area contributed by atoms with E-state index in [0.717, 1.165) is 0 Å². The van der Waals surface area contributed by atoms with E-state index in [1.807, 2.05) is 24.3 Å². The first-order valence-corrected chi connectivity index (χ1v) is 6.83. The standard InChI is InChI=1S/C15H20N2O3/c1-11(2)12-3-5-13(6-4-12)20-10-15(19)17-8-7-16-14(18)9-17/h3-6,11H,7-10H2,1-2H3,(H,16,18). The van der Waals surface area contributed by atoms with Crippen LogP contribution in [-0.2, 0) is 9.59 Å². The molecule has 1 aliphatic rings. The lowest BCUT2D eigenvalue weighted by atomic mass is 10.0. The third kappa shape index (κ3) is 3.73. The average Bonchev–Trinajstić information content (AvgIpc) is 2.45. The number of carbonyl (C=O) groups is 2. The minimum absolute atomic E-state index is 0.0334. The predicted octanol–water partition coefficient (Wildman–Crippen LogP) is 1.15. The molecule has 2 amide bonds. The van der Waals surface area contributed by atoms with E-state index in [-0.39, 0.29) is 25.0 Å². The average molecular weight is 276 g/mol. The molecule has 5 nitrogen and oxygen atoms in total. The van der Waals surface area contributed by atoms with Gasteiger partial charge in [0.25, 0.3) is 5.91 Å². The van der Waals surface area contributed by atoms with Crippen molar-refractivity contribution in [1.82, 2.24) is 10.2 Å². The van der Waals surface area contributed by atoms with Crippen LogP contribution in [0.5, 0.6) is 5.75 Å². The second-order valence-electron chi connectivity index (χ2n) is 5.18. The van der Waals surface area contributed by atoms with Gasteiger partial charge >= 0.3 is 0 Å². The van der Waals surface area contributed by atoms with Crippen LogP contribution in [0.25, 0.3) is 0 Å². The van der Waals surface area contributed by atoms with E-state index in [0.29, 0.717) is 24.8 Å². The lowest BCUT2D eigenvalue weighted by Gasteiger charge is -2.26. The van der Waals surface area contributed by atoms with E-state index < -0.39 is 0 Å². The van der Waals surface area contributed by atoms with E-state index in [1.54, 1.807) is 0 Å². The van der Waals surface area contributed by atoms with E-state index in [2.05, 4.69) is 19.2 Å². The van der Waals surface area contributed by atoms with Crippen molar-refractivity contribution in [2.24, 2.45) is 0 Å². The molecule has 108 valence electrons. The van der Waals surface area contributed by atoms with Gasteiger partial charge in [0.1, 0.15) is 5.75 Å². The van der Waals surface area contributed by atoms with Crippen molar-refractivity contribution < 1.29 is 14.3 Å². The molecule has 2 rings (SSSR count). The summed E-state index contributed by atoms with van der Waals surface area (Å²) in [6.07, 6.45) is 0. The Kier molecular flexibility index (Phi) is 4.61. The minimum Gasteiger partial charge on any atom is -0.484 e. The van der Waals surface area contributed by atoms with Crippen LogP contribution < -0.4 is 10.1 Å². The zero-order valence-corrected chi connectivity index (χ0v) is 11.9. The molecule has 20 heavy (non-hydrogen) atoms. The maximum absolute atomic E-state index is 11.9. The number of carbonyl (C=O) groups excluding carboxylic acids is 2. The predicted molar refractivity (Wildman–Crippen MR) is 75.6 cm³/mol. The first-order valence-electron chi connectivity index (χ1n) is 6.83. The van der Waals surface area contributed by atoms with Gasteiger partial charge in [-0.3, -0.25) is 9.59 Å². The normalized spacial score (nSPS) is 15.2. The summed E-state index contributed by atoms with van der Waals surface area (Å²) in [7, 11) is 0. The molecule has 0 aromatic heterocycles. The summed E-state index contributed by atoms with van der Waals surface area (Å²) in [5.41, 5.74) is 1.23. The van der Waals surface area contributed by atoms with E-state index >= 15 is 0 Å². The summed E-state index contributed by atoms with van der Waals surface area (Å²) in [5, 5.41) is 2.68. The SMILES string of the molecule is CC(C)c1ccc(OCC(=O)N2CCNC(=O)C2)cc1. The summed E-state index contributed by atoms with van der Waals surface area (Å²) in [6.45, 7) is 5.39. The molecule has 1 saturated heterocycles. The molecule has 1 aromatic carbocycles. The molecule has 1 aliphatic heterocycles. The summed E-state index contributed by atoms with van der Waals surface area (Å²) < 4.78 is 5.47. The fourth-order valence-electron chi connectivity index (χ4n) is 2.04. The van der Waals surface area contributed by atoms with E-state index in [9.17, 15) is 9.59 Å². The largest absolute Gasteiger partial charge is 0.484 e. The zero-order valence-electron chi connectivity index (χ0n) is 11.9. The molecule has 0 atom stereocenters. The number of hydrogen-bond acceptors (Lipinski definition) is 3. The van der Waals surface area contributed by atoms with Crippen LogP contribution >= 0.6 is 0 Å². The molecule has 1 heterocycles. The molecule has 0 aliphatic carbocycles. The van der Waals surface area contributed by atoms with Crippen LogP contribution in [0.15, 0.2) is 24.3 Å². The molecule has 0 spiro atoms. The van der Waals surface area contributed by atoms with Gasteiger partial charge in [-0.1, -0.05) is 26.0 Å². The van der Waals surface area contributed by atoms with Crippen LogP contribution in [0.1, 0.15) is 25.3 Å². The Morgan fingerprint density at radius 2 is 2.05 bits per heavy atom. The maximum atomic E-state index is 11.9. The number of piperazine rings is 1. The van der Waals surface area contributed by atoms with Crippen LogP contribution in [0.3, 0.4) is 0 Å². The number of nitrogens with zero attached hydrogens (tertiary/aromatic N) is 1. The summed E-state index contributed by atoms with van der Waals surface area (Å²) in [5.74, 6) is 0.862. The van der Waals surface area contributed by atoms with Crippen molar-refractivity contribution in [2.75, 3.05) is 26.2 Å². The Balaban J connectivity index is 1.85. The van der Waals surface area contributed by atoms with E-state index in [4.69, 9.17) is 4.74 Å². The number of benzene rings is 1. The van der Waals surface area contributed by atoms with Gasteiger partial charge in [-0.25, -0.2) is 0 Å². The molecular weight excluding hydrogens is 256 g/mol. The second kappa shape index (κ2) is 6.41. The van der Waals surface area contributed by atoms with Crippen molar-refractivity contribution in [2.45, 2.75) is 19.8 Å². The molecule has 1 aromatic rings. The fourth-order valence-corrected chi connectivity index (χ4v) is 2.04. The first kappa shape index (κ1) is 14.4. The Bertz CT molecular complexity index is 482. The monoisotopic (exact) mass is 276 g/mol. The van der Waals surface area contributed by atoms with Crippen LogP contribution in [0.2, 0.25) is 0 Å². The summed E-state index contributed by atoms with van der Waals surface area (Å²) >= 11 is 0. The summed E-state index contributed by atoms with van der Waals surface area (Å²) in [6, 6.07) is 7.73. The Morgan fingerprint density at radius 1 is 1.35 bits per heavy atom. The highest BCUT2D eigenvalue weighted by molar-refractivity contribution is 5.86. The quantitative estimate of drug-likeness (QED) is 0.897. The van der Waals surface area contributed by atoms with Crippen LogP contribution in [0.4, 0.5) is 0 Å². The fraction of sp³-hybridized carbons (Fsp3) is 0.467. The lowest BCUT2D eigenvalue weighted by molar-refractivity contribution is -0.139. The third-order valence-electron chi connectivity index (χ3n) is 3.30. The Labute approximate surface area is 118 Å². The minimum atomic E-state index is -0.159.